The predicted octanol–water partition coefficient (Wildman–Crippen LogP) is 3.52. The number of hydrogen-bond donors (Lipinski definition) is 1. The van der Waals surface area contributed by atoms with Crippen molar-refractivity contribution < 1.29 is 8.78 Å². The first-order valence-corrected chi connectivity index (χ1v) is 4.90. The molecule has 2 rings (SSSR count). The lowest BCUT2D eigenvalue weighted by Gasteiger charge is -2.08. The van der Waals surface area contributed by atoms with Gasteiger partial charge in [0.1, 0.15) is 11.6 Å². The summed E-state index contributed by atoms with van der Waals surface area (Å²) in [6.07, 6.45) is 0. The van der Waals surface area contributed by atoms with Crippen LogP contribution in [0.1, 0.15) is 5.56 Å². The van der Waals surface area contributed by atoms with Gasteiger partial charge in [0.25, 0.3) is 0 Å². The van der Waals surface area contributed by atoms with E-state index in [0.717, 1.165) is 5.56 Å². The number of anilines is 1. The molecule has 0 fully saturated rings. The van der Waals surface area contributed by atoms with Crippen molar-refractivity contribution in [1.82, 2.24) is 0 Å². The Labute approximate surface area is 92.5 Å². The van der Waals surface area contributed by atoms with E-state index in [2.05, 4.69) is 0 Å². The van der Waals surface area contributed by atoms with E-state index in [4.69, 9.17) is 5.73 Å². The lowest BCUT2D eigenvalue weighted by molar-refractivity contribution is 0.616. The molecule has 1 nitrogen and oxygen atoms in total. The quantitative estimate of drug-likeness (QED) is 0.729. The average Bonchev–Trinajstić information content (AvgIpc) is 2.25. The summed E-state index contributed by atoms with van der Waals surface area (Å²) in [4.78, 5) is 0. The molecular formula is C13H11F2N. The lowest BCUT2D eigenvalue weighted by Crippen LogP contribution is -1.95. The zero-order valence-corrected chi connectivity index (χ0v) is 8.80. The Morgan fingerprint density at radius 3 is 2.31 bits per heavy atom. The van der Waals surface area contributed by atoms with E-state index < -0.39 is 11.6 Å². The Kier molecular flexibility index (Phi) is 2.60. The zero-order valence-electron chi connectivity index (χ0n) is 8.80. The van der Waals surface area contributed by atoms with Gasteiger partial charge >= 0.3 is 0 Å². The molecule has 2 aromatic carbocycles. The summed E-state index contributed by atoms with van der Waals surface area (Å²) in [6.45, 7) is 1.76. The highest BCUT2D eigenvalue weighted by Crippen LogP contribution is 2.28. The maximum Gasteiger partial charge on any atom is 0.133 e. The monoisotopic (exact) mass is 219 g/mol. The minimum atomic E-state index is -0.506. The Hall–Kier alpha value is -1.90. The second-order valence-corrected chi connectivity index (χ2v) is 3.67. The fraction of sp³-hybridized carbons (Fsp3) is 0.0769. The van der Waals surface area contributed by atoms with Gasteiger partial charge in [0.15, 0.2) is 0 Å². The molecule has 0 spiro atoms. The largest absolute Gasteiger partial charge is 0.398 e. The Balaban J connectivity index is 2.65. The molecule has 0 amide bonds. The molecule has 0 atom stereocenters. The molecular weight excluding hydrogens is 208 g/mol. The molecule has 0 unspecified atom stereocenters. The van der Waals surface area contributed by atoms with E-state index in [1.165, 1.54) is 12.1 Å². The number of nitrogen functional groups attached to an aromatic ring is 1. The maximum atomic E-state index is 13.6. The summed E-state index contributed by atoms with van der Waals surface area (Å²) >= 11 is 0. The van der Waals surface area contributed by atoms with Crippen LogP contribution in [0.3, 0.4) is 0 Å². The molecule has 2 N–H and O–H groups in total. The van der Waals surface area contributed by atoms with Gasteiger partial charge in [-0.1, -0.05) is 18.2 Å². The smallest absolute Gasteiger partial charge is 0.133 e. The third-order valence-corrected chi connectivity index (χ3v) is 2.52. The normalized spacial score (nSPS) is 10.4. The van der Waals surface area contributed by atoms with Crippen molar-refractivity contribution in [2.75, 3.05) is 5.73 Å². The van der Waals surface area contributed by atoms with Crippen LogP contribution in [0.4, 0.5) is 14.5 Å². The predicted molar refractivity (Wildman–Crippen MR) is 60.9 cm³/mol. The third-order valence-electron chi connectivity index (χ3n) is 2.52. The van der Waals surface area contributed by atoms with Gasteiger partial charge in [-0.25, -0.2) is 8.78 Å². The van der Waals surface area contributed by atoms with Gasteiger partial charge in [0, 0.05) is 16.8 Å². The van der Waals surface area contributed by atoms with Crippen LogP contribution in [0.15, 0.2) is 36.4 Å². The summed E-state index contributed by atoms with van der Waals surface area (Å²) in [5.41, 5.74) is 7.17. The summed E-state index contributed by atoms with van der Waals surface area (Å²) in [6, 6.07) is 8.87. The second kappa shape index (κ2) is 3.93. The van der Waals surface area contributed by atoms with Crippen LogP contribution in [-0.2, 0) is 0 Å². The van der Waals surface area contributed by atoms with Crippen molar-refractivity contribution in [2.24, 2.45) is 0 Å². The summed E-state index contributed by atoms with van der Waals surface area (Å²) < 4.78 is 27.1. The molecule has 0 aliphatic carbocycles. The lowest BCUT2D eigenvalue weighted by atomic mass is 10.0. The molecule has 82 valence electrons. The number of benzene rings is 2. The molecule has 16 heavy (non-hydrogen) atoms. The number of aryl methyl sites for hydroxylation is 1. The fourth-order valence-corrected chi connectivity index (χ4v) is 1.58. The Bertz CT molecular complexity index is 535. The highest BCUT2D eigenvalue weighted by Gasteiger charge is 2.11. The SMILES string of the molecule is Cc1cc(-c2ccccc2F)c(F)cc1N. The Morgan fingerprint density at radius 2 is 1.62 bits per heavy atom. The third kappa shape index (κ3) is 1.76. The molecule has 3 heteroatoms. The topological polar surface area (TPSA) is 26.0 Å². The molecule has 0 heterocycles. The van der Waals surface area contributed by atoms with Gasteiger partial charge in [-0.2, -0.15) is 0 Å². The number of hydrogen-bond acceptors (Lipinski definition) is 1. The van der Waals surface area contributed by atoms with Crippen LogP contribution in [-0.4, -0.2) is 0 Å². The van der Waals surface area contributed by atoms with Crippen molar-refractivity contribution in [2.45, 2.75) is 6.92 Å². The van der Waals surface area contributed by atoms with Gasteiger partial charge in [0.2, 0.25) is 0 Å². The summed E-state index contributed by atoms with van der Waals surface area (Å²) in [5.74, 6) is -0.946. The fourth-order valence-electron chi connectivity index (χ4n) is 1.58. The van der Waals surface area contributed by atoms with E-state index in [1.807, 2.05) is 0 Å². The van der Waals surface area contributed by atoms with Gasteiger partial charge in [-0.3, -0.25) is 0 Å². The number of rotatable bonds is 1. The first-order chi connectivity index (χ1) is 7.59. The van der Waals surface area contributed by atoms with E-state index in [0.29, 0.717) is 5.69 Å². The molecule has 0 radical (unpaired) electrons. The van der Waals surface area contributed by atoms with Crippen LogP contribution in [0, 0.1) is 18.6 Å². The molecule has 0 saturated heterocycles. The molecule has 0 bridgehead atoms. The van der Waals surface area contributed by atoms with E-state index in [9.17, 15) is 8.78 Å². The Morgan fingerprint density at radius 1 is 0.938 bits per heavy atom. The van der Waals surface area contributed by atoms with Crippen LogP contribution >= 0.6 is 0 Å². The minimum absolute atomic E-state index is 0.241. The first-order valence-electron chi connectivity index (χ1n) is 4.90. The van der Waals surface area contributed by atoms with Crippen molar-refractivity contribution in [3.8, 4) is 11.1 Å². The highest BCUT2D eigenvalue weighted by molar-refractivity contribution is 5.68. The van der Waals surface area contributed by atoms with E-state index >= 15 is 0 Å². The van der Waals surface area contributed by atoms with E-state index in [-0.39, 0.29) is 11.1 Å². The maximum absolute atomic E-state index is 13.6. The van der Waals surface area contributed by atoms with Gasteiger partial charge < -0.3 is 5.73 Å². The van der Waals surface area contributed by atoms with Gasteiger partial charge in [-0.15, -0.1) is 0 Å². The summed E-state index contributed by atoms with van der Waals surface area (Å²) in [5, 5.41) is 0. The van der Waals surface area contributed by atoms with Crippen LogP contribution in [0.5, 0.6) is 0 Å². The average molecular weight is 219 g/mol. The van der Waals surface area contributed by atoms with E-state index in [1.54, 1.807) is 31.2 Å². The zero-order chi connectivity index (χ0) is 11.7. The molecule has 0 aliphatic heterocycles. The van der Waals surface area contributed by atoms with Gasteiger partial charge in [-0.05, 0) is 30.7 Å². The highest BCUT2D eigenvalue weighted by atomic mass is 19.1. The summed E-state index contributed by atoms with van der Waals surface area (Å²) in [7, 11) is 0. The number of halogens is 2. The second-order valence-electron chi connectivity index (χ2n) is 3.67. The van der Waals surface area contributed by atoms with Crippen LogP contribution in [0.2, 0.25) is 0 Å². The molecule has 2 aromatic rings. The van der Waals surface area contributed by atoms with Crippen molar-refractivity contribution >= 4 is 5.69 Å². The van der Waals surface area contributed by atoms with Crippen LogP contribution in [0.25, 0.3) is 11.1 Å². The van der Waals surface area contributed by atoms with Crippen molar-refractivity contribution in [3.05, 3.63) is 53.6 Å². The van der Waals surface area contributed by atoms with Crippen molar-refractivity contribution in [1.29, 1.82) is 0 Å². The first kappa shape index (κ1) is 10.6. The minimum Gasteiger partial charge on any atom is -0.398 e. The molecule has 0 aromatic heterocycles. The number of nitrogens with two attached hydrogens (primary N) is 1. The van der Waals surface area contributed by atoms with Gasteiger partial charge in [0.05, 0.1) is 0 Å². The standard InChI is InChI=1S/C13H11F2N/c1-8-6-10(12(15)7-13(8)16)9-4-2-3-5-11(9)14/h2-7H,16H2,1H3. The van der Waals surface area contributed by atoms with Crippen molar-refractivity contribution in [3.63, 3.8) is 0 Å². The molecule has 0 aliphatic rings. The molecule has 0 saturated carbocycles. The van der Waals surface area contributed by atoms with Crippen LogP contribution < -0.4 is 5.73 Å².